The average molecular weight is 467 g/mol. The molecule has 3 aromatic rings. The normalized spacial score (nSPS) is 10.9. The first-order chi connectivity index (χ1) is 14.4. The molecule has 1 amide bonds. The van der Waals surface area contributed by atoms with Crippen LogP contribution >= 0.6 is 23.7 Å². The predicted molar refractivity (Wildman–Crippen MR) is 124 cm³/mol. The van der Waals surface area contributed by atoms with Crippen LogP contribution in [-0.4, -0.2) is 46.9 Å². The van der Waals surface area contributed by atoms with E-state index in [2.05, 4.69) is 9.88 Å². The van der Waals surface area contributed by atoms with Gasteiger partial charge in [0.05, 0.1) is 9.62 Å². The van der Waals surface area contributed by atoms with Crippen LogP contribution < -0.4 is 4.90 Å². The Labute approximate surface area is 190 Å². The number of anilines is 1. The largest absolute Gasteiger partial charge is 0.302 e. The average Bonchev–Trinajstić information content (AvgIpc) is 3.16. The second-order valence-corrected chi connectivity index (χ2v) is 7.78. The Morgan fingerprint density at radius 3 is 2.45 bits per heavy atom. The fourth-order valence-corrected chi connectivity index (χ4v) is 4.29. The van der Waals surface area contributed by atoms with Crippen LogP contribution in [0.2, 0.25) is 0 Å². The summed E-state index contributed by atoms with van der Waals surface area (Å²) in [5, 5.41) is 11.7. The molecule has 2 aromatic carbocycles. The van der Waals surface area contributed by atoms with Gasteiger partial charge in [-0.25, -0.2) is 9.37 Å². The predicted octanol–water partition coefficient (Wildman–Crippen LogP) is 5.06. The van der Waals surface area contributed by atoms with E-state index < -0.39 is 10.7 Å². The van der Waals surface area contributed by atoms with Gasteiger partial charge in [-0.05, 0) is 38.2 Å². The number of benzene rings is 2. The minimum absolute atomic E-state index is 0. The third-order valence-electron chi connectivity index (χ3n) is 5.10. The van der Waals surface area contributed by atoms with E-state index in [-0.39, 0.29) is 35.1 Å². The number of halogens is 2. The number of likely N-dealkylation sites (N-methyl/N-ethyl adjacent to an activating group) is 1. The van der Waals surface area contributed by atoms with Crippen molar-refractivity contribution in [3.05, 3.63) is 63.5 Å². The van der Waals surface area contributed by atoms with Gasteiger partial charge in [0.15, 0.2) is 5.13 Å². The molecule has 0 aliphatic carbocycles. The maximum Gasteiger partial charge on any atom is 0.273 e. The Bertz CT molecular complexity index is 1090. The molecule has 0 atom stereocenters. The summed E-state index contributed by atoms with van der Waals surface area (Å²) < 4.78 is 14.8. The summed E-state index contributed by atoms with van der Waals surface area (Å²) in [6, 6.07) is 9.14. The van der Waals surface area contributed by atoms with E-state index in [1.54, 1.807) is 25.1 Å². The van der Waals surface area contributed by atoms with Crippen molar-refractivity contribution in [1.29, 1.82) is 0 Å². The molecular formula is C21H24ClFN4O3S. The highest BCUT2D eigenvalue weighted by molar-refractivity contribution is 7.22. The lowest BCUT2D eigenvalue weighted by Crippen LogP contribution is -2.39. The molecule has 1 heterocycles. The summed E-state index contributed by atoms with van der Waals surface area (Å²) in [4.78, 5) is 32.3. The van der Waals surface area contributed by atoms with Crippen molar-refractivity contribution in [2.24, 2.45) is 0 Å². The smallest absolute Gasteiger partial charge is 0.273 e. The summed E-state index contributed by atoms with van der Waals surface area (Å²) >= 11 is 1.23. The number of nitro groups is 1. The molecule has 0 N–H and O–H groups in total. The van der Waals surface area contributed by atoms with Gasteiger partial charge < -0.3 is 4.90 Å². The number of carbonyl (C=O) groups is 1. The number of carbonyl (C=O) groups excluding carboxylic acids is 1. The fourth-order valence-electron chi connectivity index (χ4n) is 3.28. The van der Waals surface area contributed by atoms with Gasteiger partial charge in [-0.2, -0.15) is 0 Å². The topological polar surface area (TPSA) is 79.6 Å². The maximum atomic E-state index is 14.2. The molecule has 7 nitrogen and oxygen atoms in total. The third-order valence-corrected chi connectivity index (χ3v) is 6.14. The first-order valence-electron chi connectivity index (χ1n) is 9.70. The second-order valence-electron chi connectivity index (χ2n) is 6.77. The van der Waals surface area contributed by atoms with Crippen molar-refractivity contribution in [3.8, 4) is 0 Å². The highest BCUT2D eigenvalue weighted by Gasteiger charge is 2.26. The molecule has 166 valence electrons. The van der Waals surface area contributed by atoms with Crippen LogP contribution in [0.25, 0.3) is 10.2 Å². The molecular weight excluding hydrogens is 443 g/mol. The number of fused-ring (bicyclic) bond motifs is 1. The summed E-state index contributed by atoms with van der Waals surface area (Å²) in [5.74, 6) is -0.833. The maximum absolute atomic E-state index is 14.2. The number of rotatable bonds is 8. The Balaban J connectivity index is 0.00000341. The SMILES string of the molecule is CCN(CC)CCN(C(=O)c1cccc([N+](=O)[O-])c1C)c1nc2c(F)cccc2s1.Cl. The Kier molecular flexibility index (Phi) is 8.43. The monoisotopic (exact) mass is 466 g/mol. The molecule has 0 unspecified atom stereocenters. The van der Waals surface area contributed by atoms with Crippen molar-refractivity contribution in [2.45, 2.75) is 20.8 Å². The van der Waals surface area contributed by atoms with Crippen molar-refractivity contribution in [3.63, 3.8) is 0 Å². The number of para-hydroxylation sites is 1. The molecule has 0 saturated carbocycles. The molecule has 0 fully saturated rings. The van der Waals surface area contributed by atoms with Crippen molar-refractivity contribution in [2.75, 3.05) is 31.1 Å². The zero-order chi connectivity index (χ0) is 21.8. The fraction of sp³-hybridized carbons (Fsp3) is 0.333. The van der Waals surface area contributed by atoms with Crippen LogP contribution in [0.15, 0.2) is 36.4 Å². The van der Waals surface area contributed by atoms with E-state index in [0.717, 1.165) is 13.1 Å². The van der Waals surface area contributed by atoms with E-state index in [4.69, 9.17) is 0 Å². The van der Waals surface area contributed by atoms with Crippen molar-refractivity contribution >= 4 is 50.7 Å². The minimum Gasteiger partial charge on any atom is -0.302 e. The summed E-state index contributed by atoms with van der Waals surface area (Å²) in [6.07, 6.45) is 0. The molecule has 1 aromatic heterocycles. The van der Waals surface area contributed by atoms with Crippen molar-refractivity contribution in [1.82, 2.24) is 9.88 Å². The van der Waals surface area contributed by atoms with Gasteiger partial charge in [0.25, 0.3) is 11.6 Å². The standard InChI is InChI=1S/C21H23FN4O3S.ClH/c1-4-24(5-2)12-13-25(21-23-19-16(22)9-7-11-18(19)30-21)20(27)15-8-6-10-17(14(15)3)26(28)29;/h6-11H,4-5,12-13H2,1-3H3;1H. The highest BCUT2D eigenvalue weighted by Crippen LogP contribution is 2.32. The molecule has 31 heavy (non-hydrogen) atoms. The molecule has 3 rings (SSSR count). The van der Waals surface area contributed by atoms with E-state index in [9.17, 15) is 19.3 Å². The molecule has 10 heteroatoms. The van der Waals surface area contributed by atoms with Crippen LogP contribution in [0, 0.1) is 22.9 Å². The first kappa shape index (κ1) is 24.6. The van der Waals surface area contributed by atoms with Crippen LogP contribution in [0.3, 0.4) is 0 Å². The lowest BCUT2D eigenvalue weighted by atomic mass is 10.1. The Morgan fingerprint density at radius 1 is 1.16 bits per heavy atom. The third kappa shape index (κ3) is 5.17. The summed E-state index contributed by atoms with van der Waals surface area (Å²) in [5.41, 5.74) is 0.643. The van der Waals surface area contributed by atoms with Gasteiger partial charge in [-0.15, -0.1) is 12.4 Å². The summed E-state index contributed by atoms with van der Waals surface area (Å²) in [7, 11) is 0. The van der Waals surface area contributed by atoms with Gasteiger partial charge in [-0.1, -0.05) is 37.3 Å². The zero-order valence-electron chi connectivity index (χ0n) is 17.5. The quantitative estimate of drug-likeness (QED) is 0.342. The Hall–Kier alpha value is -2.62. The van der Waals surface area contributed by atoms with Crippen LogP contribution in [0.5, 0.6) is 0 Å². The minimum atomic E-state index is -0.501. The number of hydrogen-bond acceptors (Lipinski definition) is 6. The van der Waals surface area contributed by atoms with E-state index >= 15 is 0 Å². The number of thiazole rings is 1. The van der Waals surface area contributed by atoms with Crippen molar-refractivity contribution < 1.29 is 14.1 Å². The van der Waals surface area contributed by atoms with Gasteiger partial charge in [0, 0.05) is 30.3 Å². The molecule has 0 radical (unpaired) electrons. The van der Waals surface area contributed by atoms with Crippen LogP contribution in [-0.2, 0) is 0 Å². The lowest BCUT2D eigenvalue weighted by molar-refractivity contribution is -0.385. The number of hydrogen-bond donors (Lipinski definition) is 0. The van der Waals surface area contributed by atoms with Crippen LogP contribution in [0.4, 0.5) is 15.2 Å². The van der Waals surface area contributed by atoms with Gasteiger partial charge >= 0.3 is 0 Å². The molecule has 0 bridgehead atoms. The number of aromatic nitrogens is 1. The molecule has 0 spiro atoms. The lowest BCUT2D eigenvalue weighted by Gasteiger charge is -2.25. The summed E-state index contributed by atoms with van der Waals surface area (Å²) in [6.45, 7) is 8.22. The van der Waals surface area contributed by atoms with Gasteiger partial charge in [0.1, 0.15) is 11.3 Å². The van der Waals surface area contributed by atoms with Gasteiger partial charge in [-0.3, -0.25) is 19.8 Å². The Morgan fingerprint density at radius 2 is 1.84 bits per heavy atom. The van der Waals surface area contributed by atoms with Crippen LogP contribution in [0.1, 0.15) is 29.8 Å². The molecule has 0 aliphatic rings. The zero-order valence-corrected chi connectivity index (χ0v) is 19.1. The number of nitrogens with zero attached hydrogens (tertiary/aromatic N) is 4. The van der Waals surface area contributed by atoms with E-state index in [1.807, 2.05) is 13.8 Å². The first-order valence-corrected chi connectivity index (χ1v) is 10.5. The van der Waals surface area contributed by atoms with Gasteiger partial charge in [0.2, 0.25) is 0 Å². The van der Waals surface area contributed by atoms with E-state index in [1.165, 1.54) is 34.4 Å². The molecule has 0 aliphatic heterocycles. The second kappa shape index (κ2) is 10.6. The number of nitro benzene ring substituents is 1. The number of amides is 1. The molecule has 0 saturated heterocycles. The highest BCUT2D eigenvalue weighted by atomic mass is 35.5. The van der Waals surface area contributed by atoms with E-state index in [0.29, 0.717) is 28.5 Å².